The fraction of sp³-hybridized carbons (Fsp3) is 0.389. The number of nitriles is 3. The highest BCUT2D eigenvalue weighted by molar-refractivity contribution is 7.16. The van der Waals surface area contributed by atoms with Gasteiger partial charge in [0.1, 0.15) is 0 Å². The van der Waals surface area contributed by atoms with E-state index in [4.69, 9.17) is 17.3 Å². The fourth-order valence-electron chi connectivity index (χ4n) is 3.77. The van der Waals surface area contributed by atoms with Crippen molar-refractivity contribution in [2.24, 2.45) is 17.1 Å². The number of thiophene rings is 1. The van der Waals surface area contributed by atoms with Crippen LogP contribution in [0.3, 0.4) is 0 Å². The summed E-state index contributed by atoms with van der Waals surface area (Å²) in [5, 5.41) is 29.3. The van der Waals surface area contributed by atoms with E-state index in [1.807, 2.05) is 12.1 Å². The van der Waals surface area contributed by atoms with Crippen LogP contribution in [0.1, 0.15) is 17.7 Å². The summed E-state index contributed by atoms with van der Waals surface area (Å²) >= 11 is 7.52. The minimum atomic E-state index is -1.56. The minimum Gasteiger partial charge on any atom is -0.399 e. The van der Waals surface area contributed by atoms with E-state index >= 15 is 0 Å². The van der Waals surface area contributed by atoms with Gasteiger partial charge in [-0.1, -0.05) is 24.6 Å². The Hall–Kier alpha value is -2.30. The van der Waals surface area contributed by atoms with Gasteiger partial charge in [-0.2, -0.15) is 15.8 Å². The Morgan fingerprint density at radius 2 is 2.08 bits per heavy atom. The third-order valence-corrected chi connectivity index (χ3v) is 6.38. The number of fused-ring (bicyclic) bond motifs is 1. The molecule has 0 fully saturated rings. The molecule has 0 spiro atoms. The molecular formula is C18H16ClN5S. The van der Waals surface area contributed by atoms with Gasteiger partial charge in [-0.05, 0) is 24.3 Å². The lowest BCUT2D eigenvalue weighted by atomic mass is 9.61. The van der Waals surface area contributed by atoms with Crippen molar-refractivity contribution in [2.75, 3.05) is 19.6 Å². The fourth-order valence-corrected chi connectivity index (χ4v) is 5.01. The standard InChI is InChI=1S/C18H16ClN5S/c1-2-24-6-5-13-12(8-24)16(14-3-4-15(19)25-14)11(7-20)17(23)18(13,9-21)10-22/h3-5,12,16H,2,6,8,23H2,1H3/t12-,16+/m0/s1. The summed E-state index contributed by atoms with van der Waals surface area (Å²) in [6.07, 6.45) is 1.94. The van der Waals surface area contributed by atoms with Crippen LogP contribution in [0.25, 0.3) is 0 Å². The van der Waals surface area contributed by atoms with Gasteiger partial charge in [0.25, 0.3) is 0 Å². The Morgan fingerprint density at radius 3 is 2.60 bits per heavy atom. The number of likely N-dealkylation sites (N-methyl/N-ethyl adjacent to an activating group) is 1. The molecule has 1 aromatic rings. The Kier molecular flexibility index (Phi) is 4.58. The molecule has 7 heteroatoms. The van der Waals surface area contributed by atoms with Crippen LogP contribution >= 0.6 is 22.9 Å². The zero-order valence-electron chi connectivity index (χ0n) is 13.7. The monoisotopic (exact) mass is 369 g/mol. The van der Waals surface area contributed by atoms with Gasteiger partial charge in [0, 0.05) is 29.8 Å². The first-order chi connectivity index (χ1) is 12.0. The molecule has 2 atom stereocenters. The van der Waals surface area contributed by atoms with Crippen molar-refractivity contribution in [3.63, 3.8) is 0 Å². The summed E-state index contributed by atoms with van der Waals surface area (Å²) in [5.41, 5.74) is 5.75. The number of nitrogens with two attached hydrogens (primary N) is 1. The maximum Gasteiger partial charge on any atom is 0.204 e. The van der Waals surface area contributed by atoms with E-state index in [9.17, 15) is 15.8 Å². The highest BCUT2D eigenvalue weighted by Crippen LogP contribution is 2.53. The van der Waals surface area contributed by atoms with Gasteiger partial charge in [0.15, 0.2) is 0 Å². The first kappa shape index (κ1) is 17.5. The molecule has 5 nitrogen and oxygen atoms in total. The van der Waals surface area contributed by atoms with Crippen LogP contribution in [-0.4, -0.2) is 24.5 Å². The predicted octanol–water partition coefficient (Wildman–Crippen LogP) is 3.15. The predicted molar refractivity (Wildman–Crippen MR) is 96.2 cm³/mol. The molecule has 0 saturated heterocycles. The molecule has 1 aliphatic carbocycles. The molecule has 0 radical (unpaired) electrons. The molecule has 1 aliphatic heterocycles. The molecule has 25 heavy (non-hydrogen) atoms. The Labute approximate surface area is 155 Å². The highest BCUT2D eigenvalue weighted by atomic mass is 35.5. The van der Waals surface area contributed by atoms with E-state index in [-0.39, 0.29) is 17.5 Å². The molecule has 0 unspecified atom stereocenters. The second kappa shape index (κ2) is 6.54. The van der Waals surface area contributed by atoms with Crippen LogP contribution in [0.5, 0.6) is 0 Å². The summed E-state index contributed by atoms with van der Waals surface area (Å²) in [5.74, 6) is -0.428. The zero-order chi connectivity index (χ0) is 18.2. The van der Waals surface area contributed by atoms with Gasteiger partial charge in [0.2, 0.25) is 5.41 Å². The normalized spacial score (nSPS) is 25.3. The number of hydrogen-bond acceptors (Lipinski definition) is 6. The van der Waals surface area contributed by atoms with Crippen LogP contribution in [0.15, 0.2) is 35.1 Å². The first-order valence-electron chi connectivity index (χ1n) is 7.93. The largest absolute Gasteiger partial charge is 0.399 e. The molecule has 0 aromatic carbocycles. The molecule has 126 valence electrons. The Morgan fingerprint density at radius 1 is 1.36 bits per heavy atom. The topological polar surface area (TPSA) is 101 Å². The van der Waals surface area contributed by atoms with Crippen molar-refractivity contribution in [1.82, 2.24) is 4.90 Å². The van der Waals surface area contributed by atoms with Crippen molar-refractivity contribution >= 4 is 22.9 Å². The maximum absolute atomic E-state index is 9.78. The average Bonchev–Trinajstić information content (AvgIpc) is 3.06. The van der Waals surface area contributed by atoms with Crippen molar-refractivity contribution in [1.29, 1.82) is 15.8 Å². The summed E-state index contributed by atoms with van der Waals surface area (Å²) in [7, 11) is 0. The number of halogens is 1. The quantitative estimate of drug-likeness (QED) is 0.807. The molecule has 0 amide bonds. The van der Waals surface area contributed by atoms with Crippen LogP contribution in [0, 0.1) is 45.3 Å². The minimum absolute atomic E-state index is 0.0574. The molecule has 2 heterocycles. The van der Waals surface area contributed by atoms with Gasteiger partial charge >= 0.3 is 0 Å². The second-order valence-electron chi connectivity index (χ2n) is 6.15. The lowest BCUT2D eigenvalue weighted by Gasteiger charge is -2.44. The molecule has 1 aromatic heterocycles. The lowest BCUT2D eigenvalue weighted by Crippen LogP contribution is -2.47. The van der Waals surface area contributed by atoms with Crippen molar-refractivity contribution in [3.8, 4) is 18.2 Å². The van der Waals surface area contributed by atoms with E-state index in [1.54, 1.807) is 6.07 Å². The van der Waals surface area contributed by atoms with Gasteiger partial charge in [-0.15, -0.1) is 11.3 Å². The molecule has 2 N–H and O–H groups in total. The number of rotatable bonds is 2. The van der Waals surface area contributed by atoms with E-state index in [0.29, 0.717) is 28.6 Å². The van der Waals surface area contributed by atoms with Gasteiger partial charge < -0.3 is 5.73 Å². The highest BCUT2D eigenvalue weighted by Gasteiger charge is 2.52. The molecule has 2 aliphatic rings. The smallest absolute Gasteiger partial charge is 0.204 e. The number of nitrogens with zero attached hydrogens (tertiary/aromatic N) is 4. The van der Waals surface area contributed by atoms with Crippen LogP contribution < -0.4 is 5.73 Å². The van der Waals surface area contributed by atoms with Crippen LogP contribution in [0.4, 0.5) is 0 Å². The van der Waals surface area contributed by atoms with E-state index in [0.717, 1.165) is 11.4 Å². The van der Waals surface area contributed by atoms with E-state index < -0.39 is 5.41 Å². The first-order valence-corrected chi connectivity index (χ1v) is 9.12. The van der Waals surface area contributed by atoms with E-state index in [1.165, 1.54) is 11.3 Å². The SMILES string of the molecule is CCN1CC=C2[C@H](C1)[C@H](c1ccc(Cl)s1)C(C#N)=C(N)C2(C#N)C#N. The Bertz CT molecular complexity index is 878. The Balaban J connectivity index is 2.28. The molecular weight excluding hydrogens is 354 g/mol. The van der Waals surface area contributed by atoms with Gasteiger partial charge in [-0.3, -0.25) is 4.90 Å². The number of allylic oxidation sites excluding steroid dienone is 2. The molecule has 0 bridgehead atoms. The van der Waals surface area contributed by atoms with Gasteiger partial charge in [0.05, 0.1) is 33.8 Å². The average molecular weight is 370 g/mol. The van der Waals surface area contributed by atoms with Crippen LogP contribution in [-0.2, 0) is 0 Å². The van der Waals surface area contributed by atoms with Crippen molar-refractivity contribution in [3.05, 3.63) is 44.3 Å². The third kappa shape index (κ3) is 2.53. The maximum atomic E-state index is 9.78. The number of hydrogen-bond donors (Lipinski definition) is 1. The van der Waals surface area contributed by atoms with E-state index in [2.05, 4.69) is 30.0 Å². The zero-order valence-corrected chi connectivity index (χ0v) is 15.2. The summed E-state index contributed by atoms with van der Waals surface area (Å²) in [4.78, 5) is 3.16. The van der Waals surface area contributed by atoms with Crippen LogP contribution in [0.2, 0.25) is 4.34 Å². The lowest BCUT2D eigenvalue weighted by molar-refractivity contribution is 0.235. The van der Waals surface area contributed by atoms with Crippen molar-refractivity contribution < 1.29 is 0 Å². The van der Waals surface area contributed by atoms with Crippen molar-refractivity contribution in [2.45, 2.75) is 12.8 Å². The third-order valence-electron chi connectivity index (χ3n) is 5.07. The summed E-state index contributed by atoms with van der Waals surface area (Å²) in [6.45, 7) is 4.26. The van der Waals surface area contributed by atoms with Gasteiger partial charge in [-0.25, -0.2) is 0 Å². The summed E-state index contributed by atoms with van der Waals surface area (Å²) < 4.78 is 0.636. The molecule has 3 rings (SSSR count). The summed E-state index contributed by atoms with van der Waals surface area (Å²) in [6, 6.07) is 10.0. The molecule has 0 saturated carbocycles. The second-order valence-corrected chi connectivity index (χ2v) is 7.90.